The van der Waals surface area contributed by atoms with Gasteiger partial charge in [-0.15, -0.1) is 0 Å². The van der Waals surface area contributed by atoms with Crippen LogP contribution >= 0.6 is 0 Å². The van der Waals surface area contributed by atoms with Crippen LogP contribution < -0.4 is 0 Å². The van der Waals surface area contributed by atoms with Crippen LogP contribution in [0.4, 0.5) is 0 Å². The maximum absolute atomic E-state index is 6.26. The minimum absolute atomic E-state index is 0.240. The van der Waals surface area contributed by atoms with Gasteiger partial charge in [0.2, 0.25) is 0 Å². The first kappa shape index (κ1) is 12.2. The fourth-order valence-corrected chi connectivity index (χ4v) is 5.21. The van der Waals surface area contributed by atoms with Crippen molar-refractivity contribution in [3.63, 3.8) is 0 Å². The third kappa shape index (κ3) is 3.74. The normalized spacial score (nSPS) is 30.9. The van der Waals surface area contributed by atoms with Gasteiger partial charge >= 0.3 is 0 Å². The predicted octanol–water partition coefficient (Wildman–Crippen LogP) is 4.34. The van der Waals surface area contributed by atoms with E-state index in [0.29, 0.717) is 0 Å². The minimum Gasteiger partial charge on any atom is -0.412 e. The van der Waals surface area contributed by atoms with Gasteiger partial charge in [-0.05, 0) is 38.9 Å². The van der Waals surface area contributed by atoms with Crippen LogP contribution in [-0.2, 0) is 4.43 Å². The van der Waals surface area contributed by atoms with Crippen LogP contribution in [0.5, 0.6) is 0 Å². The summed E-state index contributed by atoms with van der Waals surface area (Å²) in [5.74, 6) is 0. The first-order chi connectivity index (χ1) is 6.47. The molecule has 1 aliphatic rings. The van der Waals surface area contributed by atoms with Gasteiger partial charge in [0.1, 0.15) is 0 Å². The molecule has 14 heavy (non-hydrogen) atoms. The lowest BCUT2D eigenvalue weighted by Crippen LogP contribution is -2.32. The van der Waals surface area contributed by atoms with Crippen molar-refractivity contribution in [3.8, 4) is 0 Å². The Hall–Kier alpha value is 0.177. The first-order valence-corrected chi connectivity index (χ1v) is 9.29. The highest BCUT2D eigenvalue weighted by atomic mass is 28.4. The van der Waals surface area contributed by atoms with E-state index in [1.165, 1.54) is 44.6 Å². The molecule has 1 aliphatic heterocycles. The second-order valence-electron chi connectivity index (χ2n) is 5.62. The van der Waals surface area contributed by atoms with E-state index in [1.807, 2.05) is 0 Å². The lowest BCUT2D eigenvalue weighted by Gasteiger charge is -2.27. The van der Waals surface area contributed by atoms with E-state index in [9.17, 15) is 0 Å². The fraction of sp³-hybridized carbons (Fsp3) is 1.00. The van der Waals surface area contributed by atoms with Crippen LogP contribution in [0.3, 0.4) is 0 Å². The Balaban J connectivity index is 2.23. The summed E-state index contributed by atoms with van der Waals surface area (Å²) in [4.78, 5) is 0. The Morgan fingerprint density at radius 2 is 1.93 bits per heavy atom. The standard InChI is InChI=1S/C12H26OSi/c1-5-6-7-8-9-12(2)10-11-14(3,4)13-12/h5-11H2,1-4H3. The van der Waals surface area contributed by atoms with Crippen LogP contribution in [0.1, 0.15) is 52.4 Å². The Bertz CT molecular complexity index is 179. The van der Waals surface area contributed by atoms with E-state index < -0.39 is 8.32 Å². The van der Waals surface area contributed by atoms with Gasteiger partial charge in [-0.2, -0.15) is 0 Å². The summed E-state index contributed by atoms with van der Waals surface area (Å²) in [6, 6.07) is 1.36. The van der Waals surface area contributed by atoms with E-state index in [2.05, 4.69) is 26.9 Å². The Kier molecular flexibility index (Phi) is 4.20. The molecule has 0 bridgehead atoms. The smallest absolute Gasteiger partial charge is 0.187 e. The van der Waals surface area contributed by atoms with Crippen molar-refractivity contribution in [2.24, 2.45) is 0 Å². The molecule has 0 aromatic carbocycles. The monoisotopic (exact) mass is 214 g/mol. The molecule has 0 aliphatic carbocycles. The quantitative estimate of drug-likeness (QED) is 0.488. The molecule has 84 valence electrons. The maximum Gasteiger partial charge on any atom is 0.187 e. The third-order valence-electron chi connectivity index (χ3n) is 3.34. The second kappa shape index (κ2) is 4.80. The van der Waals surface area contributed by atoms with Gasteiger partial charge in [-0.1, -0.05) is 32.6 Å². The zero-order valence-corrected chi connectivity index (χ0v) is 11.4. The van der Waals surface area contributed by atoms with Crippen molar-refractivity contribution in [3.05, 3.63) is 0 Å². The number of rotatable bonds is 5. The van der Waals surface area contributed by atoms with Crippen LogP contribution in [0, 0.1) is 0 Å². The molecule has 1 unspecified atom stereocenters. The molecule has 0 aromatic rings. The van der Waals surface area contributed by atoms with Gasteiger partial charge in [0, 0.05) is 0 Å². The van der Waals surface area contributed by atoms with Gasteiger partial charge in [0.15, 0.2) is 8.32 Å². The van der Waals surface area contributed by atoms with Gasteiger partial charge in [-0.25, -0.2) is 0 Å². The van der Waals surface area contributed by atoms with Crippen molar-refractivity contribution in [2.45, 2.75) is 77.1 Å². The Morgan fingerprint density at radius 3 is 2.43 bits per heavy atom. The molecule has 2 heteroatoms. The molecular weight excluding hydrogens is 188 g/mol. The summed E-state index contributed by atoms with van der Waals surface area (Å²) < 4.78 is 6.26. The SMILES string of the molecule is CCCCCCC1(C)CC[Si](C)(C)O1. The zero-order chi connectivity index (χ0) is 10.7. The average Bonchev–Trinajstić information content (AvgIpc) is 2.36. The molecule has 1 nitrogen and oxygen atoms in total. The molecule has 1 fully saturated rings. The average molecular weight is 214 g/mol. The second-order valence-corrected chi connectivity index (χ2v) is 9.85. The molecule has 1 heterocycles. The minimum atomic E-state index is -1.24. The summed E-state index contributed by atoms with van der Waals surface area (Å²) in [6.07, 6.45) is 8.04. The molecule has 1 atom stereocenters. The lowest BCUT2D eigenvalue weighted by atomic mass is 9.95. The number of hydrogen-bond donors (Lipinski definition) is 0. The summed E-state index contributed by atoms with van der Waals surface area (Å²) in [7, 11) is -1.24. The summed E-state index contributed by atoms with van der Waals surface area (Å²) >= 11 is 0. The molecule has 0 spiro atoms. The van der Waals surface area contributed by atoms with Crippen LogP contribution in [0.2, 0.25) is 19.1 Å². The molecule has 0 amide bonds. The molecule has 1 rings (SSSR count). The summed E-state index contributed by atoms with van der Waals surface area (Å²) in [5.41, 5.74) is 0.240. The van der Waals surface area contributed by atoms with Crippen molar-refractivity contribution in [1.29, 1.82) is 0 Å². The maximum atomic E-state index is 6.26. The summed E-state index contributed by atoms with van der Waals surface area (Å²) in [6.45, 7) is 9.29. The molecule has 1 saturated heterocycles. The van der Waals surface area contributed by atoms with E-state index in [1.54, 1.807) is 0 Å². The summed E-state index contributed by atoms with van der Waals surface area (Å²) in [5, 5.41) is 0. The van der Waals surface area contributed by atoms with Gasteiger partial charge < -0.3 is 4.43 Å². The van der Waals surface area contributed by atoms with Gasteiger partial charge in [0.25, 0.3) is 0 Å². The highest BCUT2D eigenvalue weighted by molar-refractivity contribution is 6.71. The molecule has 0 N–H and O–H groups in total. The van der Waals surface area contributed by atoms with Crippen molar-refractivity contribution < 1.29 is 4.43 Å². The molecule has 0 aromatic heterocycles. The van der Waals surface area contributed by atoms with E-state index in [4.69, 9.17) is 4.43 Å². The van der Waals surface area contributed by atoms with Crippen LogP contribution in [0.25, 0.3) is 0 Å². The van der Waals surface area contributed by atoms with Crippen molar-refractivity contribution in [2.75, 3.05) is 0 Å². The Morgan fingerprint density at radius 1 is 1.21 bits per heavy atom. The Labute approximate surface area is 90.4 Å². The lowest BCUT2D eigenvalue weighted by molar-refractivity contribution is 0.0925. The highest BCUT2D eigenvalue weighted by Crippen LogP contribution is 2.38. The van der Waals surface area contributed by atoms with Crippen molar-refractivity contribution >= 4 is 8.32 Å². The largest absolute Gasteiger partial charge is 0.412 e. The van der Waals surface area contributed by atoms with Gasteiger partial charge in [-0.3, -0.25) is 0 Å². The first-order valence-electron chi connectivity index (χ1n) is 6.18. The van der Waals surface area contributed by atoms with E-state index in [0.717, 1.165) is 0 Å². The fourth-order valence-electron chi connectivity index (χ4n) is 2.44. The van der Waals surface area contributed by atoms with Crippen LogP contribution in [-0.4, -0.2) is 13.9 Å². The molecule has 0 radical (unpaired) electrons. The zero-order valence-electron chi connectivity index (χ0n) is 10.4. The van der Waals surface area contributed by atoms with Gasteiger partial charge in [0.05, 0.1) is 5.60 Å². The van der Waals surface area contributed by atoms with E-state index in [-0.39, 0.29) is 5.60 Å². The molecule has 0 saturated carbocycles. The molecular formula is C12H26OSi. The predicted molar refractivity (Wildman–Crippen MR) is 65.2 cm³/mol. The third-order valence-corrected chi connectivity index (χ3v) is 5.84. The number of hydrogen-bond acceptors (Lipinski definition) is 1. The number of unbranched alkanes of at least 4 members (excludes halogenated alkanes) is 3. The topological polar surface area (TPSA) is 9.23 Å². The van der Waals surface area contributed by atoms with E-state index >= 15 is 0 Å². The highest BCUT2D eigenvalue weighted by Gasteiger charge is 2.41. The van der Waals surface area contributed by atoms with Crippen LogP contribution in [0.15, 0.2) is 0 Å². The van der Waals surface area contributed by atoms with Crippen molar-refractivity contribution in [1.82, 2.24) is 0 Å².